The molecule has 0 radical (unpaired) electrons. The van der Waals surface area contributed by atoms with Crippen molar-refractivity contribution in [2.75, 3.05) is 12.9 Å². The van der Waals surface area contributed by atoms with Crippen LogP contribution in [0.1, 0.15) is 73.5 Å². The lowest BCUT2D eigenvalue weighted by atomic mass is 9.78. The molecule has 0 aliphatic heterocycles. The molecule has 6 nitrogen and oxygen atoms in total. The second-order valence-corrected chi connectivity index (χ2v) is 8.68. The van der Waals surface area contributed by atoms with Crippen LogP contribution in [0.5, 0.6) is 0 Å². The normalized spacial score (nSPS) is 24.3. The van der Waals surface area contributed by atoms with Crippen LogP contribution in [0.25, 0.3) is 0 Å². The third kappa shape index (κ3) is 4.67. The minimum Gasteiger partial charge on any atom is -0.452 e. The first-order valence-electron chi connectivity index (χ1n) is 9.90. The highest BCUT2D eigenvalue weighted by atomic mass is 32.2. The molecule has 1 N–H and O–H groups in total. The smallest absolute Gasteiger partial charge is 0.340 e. The third-order valence-corrected chi connectivity index (χ3v) is 6.60. The number of nitriles is 1. The van der Waals surface area contributed by atoms with Gasteiger partial charge in [-0.05, 0) is 43.4 Å². The average molecular weight is 402 g/mol. The second-order valence-electron chi connectivity index (χ2n) is 7.88. The van der Waals surface area contributed by atoms with Crippen LogP contribution in [0, 0.1) is 23.2 Å². The lowest BCUT2D eigenvalue weighted by Gasteiger charge is -2.34. The van der Waals surface area contributed by atoms with Crippen molar-refractivity contribution in [2.45, 2.75) is 62.9 Å². The van der Waals surface area contributed by atoms with Gasteiger partial charge < -0.3 is 10.1 Å². The SMILES string of the molecule is CSc1nc(C2CC2)cc(C(=O)OCC(=O)N[C@@H]2CCC[C@H](C)[C@H]2C)c1C#N. The van der Waals surface area contributed by atoms with E-state index in [0.29, 0.717) is 22.8 Å². The van der Waals surface area contributed by atoms with Crippen molar-refractivity contribution in [3.8, 4) is 6.07 Å². The third-order valence-electron chi connectivity index (χ3n) is 5.91. The van der Waals surface area contributed by atoms with Crippen LogP contribution >= 0.6 is 11.8 Å². The Morgan fingerprint density at radius 1 is 1.32 bits per heavy atom. The van der Waals surface area contributed by atoms with Gasteiger partial charge in [0.25, 0.3) is 5.91 Å². The van der Waals surface area contributed by atoms with Gasteiger partial charge in [-0.25, -0.2) is 9.78 Å². The first-order chi connectivity index (χ1) is 13.4. The highest BCUT2D eigenvalue weighted by molar-refractivity contribution is 7.98. The number of amides is 1. The number of carbonyl (C=O) groups excluding carboxylic acids is 2. The van der Waals surface area contributed by atoms with Gasteiger partial charge in [0.05, 0.1) is 11.1 Å². The molecule has 3 atom stereocenters. The number of carbonyl (C=O) groups is 2. The quantitative estimate of drug-likeness (QED) is 0.578. The number of hydrogen-bond acceptors (Lipinski definition) is 6. The zero-order chi connectivity index (χ0) is 20.3. The number of esters is 1. The summed E-state index contributed by atoms with van der Waals surface area (Å²) in [5.74, 6) is 0.394. The highest BCUT2D eigenvalue weighted by Crippen LogP contribution is 2.40. The van der Waals surface area contributed by atoms with Gasteiger partial charge in [0.1, 0.15) is 11.1 Å². The Bertz CT molecular complexity index is 801. The predicted molar refractivity (Wildman–Crippen MR) is 107 cm³/mol. The molecule has 2 aliphatic carbocycles. The summed E-state index contributed by atoms with van der Waals surface area (Å²) >= 11 is 1.34. The first-order valence-corrected chi connectivity index (χ1v) is 11.1. The topological polar surface area (TPSA) is 92.1 Å². The molecule has 150 valence electrons. The van der Waals surface area contributed by atoms with Crippen LogP contribution in [0.4, 0.5) is 0 Å². The fraction of sp³-hybridized carbons (Fsp3) is 0.619. The molecule has 28 heavy (non-hydrogen) atoms. The Morgan fingerprint density at radius 2 is 2.07 bits per heavy atom. The number of aromatic nitrogens is 1. The Labute approximate surface area is 170 Å². The molecule has 3 rings (SSSR count). The van der Waals surface area contributed by atoms with Crippen LogP contribution in [0.15, 0.2) is 11.1 Å². The summed E-state index contributed by atoms with van der Waals surface area (Å²) in [5, 5.41) is 13.0. The summed E-state index contributed by atoms with van der Waals surface area (Å²) in [6.45, 7) is 4.02. The van der Waals surface area contributed by atoms with E-state index in [1.807, 2.05) is 6.26 Å². The maximum Gasteiger partial charge on any atom is 0.340 e. The van der Waals surface area contributed by atoms with E-state index in [1.54, 1.807) is 6.07 Å². The molecule has 2 saturated carbocycles. The Balaban J connectivity index is 1.65. The molecule has 0 saturated heterocycles. The van der Waals surface area contributed by atoms with Crippen molar-refractivity contribution in [2.24, 2.45) is 11.8 Å². The molecular weight excluding hydrogens is 374 g/mol. The van der Waals surface area contributed by atoms with E-state index < -0.39 is 5.97 Å². The van der Waals surface area contributed by atoms with Crippen molar-refractivity contribution in [1.82, 2.24) is 10.3 Å². The highest BCUT2D eigenvalue weighted by Gasteiger charge is 2.30. The number of ether oxygens (including phenoxy) is 1. The van der Waals surface area contributed by atoms with Gasteiger partial charge in [0, 0.05) is 17.7 Å². The van der Waals surface area contributed by atoms with Crippen molar-refractivity contribution in [3.05, 3.63) is 22.9 Å². The van der Waals surface area contributed by atoms with Gasteiger partial charge in [-0.3, -0.25) is 4.79 Å². The summed E-state index contributed by atoms with van der Waals surface area (Å²) in [5.41, 5.74) is 1.25. The Kier molecular flexibility index (Phi) is 6.61. The number of thioether (sulfide) groups is 1. The molecule has 0 aromatic carbocycles. The molecular formula is C21H27N3O3S. The van der Waals surface area contributed by atoms with Crippen LogP contribution in [0.3, 0.4) is 0 Å². The molecule has 1 aromatic heterocycles. The predicted octanol–water partition coefficient (Wildman–Crippen LogP) is 3.65. The van der Waals surface area contributed by atoms with Gasteiger partial charge in [0.2, 0.25) is 0 Å². The maximum atomic E-state index is 12.6. The number of pyridine rings is 1. The van der Waals surface area contributed by atoms with E-state index in [0.717, 1.165) is 31.4 Å². The average Bonchev–Trinajstić information content (AvgIpc) is 3.53. The Hall–Kier alpha value is -2.07. The van der Waals surface area contributed by atoms with Crippen LogP contribution in [-0.4, -0.2) is 35.8 Å². The van der Waals surface area contributed by atoms with Gasteiger partial charge in [0.15, 0.2) is 6.61 Å². The molecule has 2 fully saturated rings. The van der Waals surface area contributed by atoms with Gasteiger partial charge in [-0.15, -0.1) is 11.8 Å². The lowest BCUT2D eigenvalue weighted by molar-refractivity contribution is -0.125. The van der Waals surface area contributed by atoms with E-state index in [2.05, 4.69) is 30.2 Å². The molecule has 0 spiro atoms. The zero-order valence-corrected chi connectivity index (χ0v) is 17.5. The lowest BCUT2D eigenvalue weighted by Crippen LogP contribution is -2.45. The van der Waals surface area contributed by atoms with Crippen molar-refractivity contribution in [3.63, 3.8) is 0 Å². The zero-order valence-electron chi connectivity index (χ0n) is 16.7. The Morgan fingerprint density at radius 3 is 2.71 bits per heavy atom. The number of hydrogen-bond donors (Lipinski definition) is 1. The molecule has 1 amide bonds. The summed E-state index contributed by atoms with van der Waals surface area (Å²) < 4.78 is 5.25. The summed E-state index contributed by atoms with van der Waals surface area (Å²) in [6.07, 6.45) is 7.15. The molecule has 0 bridgehead atoms. The van der Waals surface area contributed by atoms with Crippen LogP contribution in [0.2, 0.25) is 0 Å². The minimum atomic E-state index is -0.642. The van der Waals surface area contributed by atoms with Gasteiger partial charge in [-0.1, -0.05) is 26.7 Å². The molecule has 2 aliphatic rings. The molecule has 1 aromatic rings. The monoisotopic (exact) mass is 401 g/mol. The molecule has 7 heteroatoms. The summed E-state index contributed by atoms with van der Waals surface area (Å²) in [7, 11) is 0. The van der Waals surface area contributed by atoms with Crippen molar-refractivity contribution in [1.29, 1.82) is 5.26 Å². The van der Waals surface area contributed by atoms with E-state index in [9.17, 15) is 14.9 Å². The first kappa shape index (κ1) is 20.7. The number of rotatable bonds is 6. The maximum absolute atomic E-state index is 12.6. The van der Waals surface area contributed by atoms with Gasteiger partial charge in [-0.2, -0.15) is 5.26 Å². The van der Waals surface area contributed by atoms with E-state index in [4.69, 9.17) is 4.74 Å². The molecule has 1 heterocycles. The van der Waals surface area contributed by atoms with Crippen molar-refractivity contribution >= 4 is 23.6 Å². The molecule has 0 unspecified atom stereocenters. The summed E-state index contributed by atoms with van der Waals surface area (Å²) in [4.78, 5) is 29.4. The van der Waals surface area contributed by atoms with E-state index >= 15 is 0 Å². The number of nitrogens with one attached hydrogen (secondary N) is 1. The van der Waals surface area contributed by atoms with E-state index in [-0.39, 0.29) is 29.7 Å². The summed E-state index contributed by atoms with van der Waals surface area (Å²) in [6, 6.07) is 3.84. The van der Waals surface area contributed by atoms with Crippen LogP contribution in [-0.2, 0) is 9.53 Å². The van der Waals surface area contributed by atoms with Gasteiger partial charge >= 0.3 is 5.97 Å². The van der Waals surface area contributed by atoms with Crippen molar-refractivity contribution < 1.29 is 14.3 Å². The number of nitrogens with zero attached hydrogens (tertiary/aromatic N) is 2. The minimum absolute atomic E-state index is 0.120. The van der Waals surface area contributed by atoms with E-state index in [1.165, 1.54) is 18.2 Å². The second kappa shape index (κ2) is 8.95. The van der Waals surface area contributed by atoms with Crippen LogP contribution < -0.4 is 5.32 Å². The fourth-order valence-corrected chi connectivity index (χ4v) is 4.35. The standard InChI is InChI=1S/C21H27N3O3S/c1-12-5-4-6-17(13(12)2)23-19(25)11-27-21(26)15-9-18(14-7-8-14)24-20(28-3)16(15)10-22/h9,12-14,17H,4-8,11H2,1-3H3,(H,23,25)/t12-,13+,17+/m0/s1. The largest absolute Gasteiger partial charge is 0.452 e. The fourth-order valence-electron chi connectivity index (χ4n) is 3.79.